The number of thiophene rings is 1. The number of pyridine rings is 1. The topological polar surface area (TPSA) is 65.2 Å². The van der Waals surface area contributed by atoms with Gasteiger partial charge in [0, 0.05) is 17.3 Å². The Kier molecular flexibility index (Phi) is 3.85. The number of hydrogen-bond donors (Lipinski definition) is 1. The fourth-order valence-corrected chi connectivity index (χ4v) is 3.29. The van der Waals surface area contributed by atoms with E-state index in [9.17, 15) is 4.79 Å². The Labute approximate surface area is 116 Å². The van der Waals surface area contributed by atoms with E-state index in [0.717, 1.165) is 16.0 Å². The standard InChI is InChI=1S/C14H16N2O2S/c1-8(2)10-11(15)13(14(17)18-3)19-12(10)9-4-6-16-7-5-9/h4-8H,15H2,1-3H3. The molecule has 0 fully saturated rings. The number of rotatable bonds is 3. The fourth-order valence-electron chi connectivity index (χ4n) is 1.99. The Morgan fingerprint density at radius 2 is 2.00 bits per heavy atom. The highest BCUT2D eigenvalue weighted by Crippen LogP contribution is 2.42. The lowest BCUT2D eigenvalue weighted by molar-refractivity contribution is 0.0607. The number of nitrogen functional groups attached to an aromatic ring is 1. The van der Waals surface area contributed by atoms with Crippen LogP contribution in [0.3, 0.4) is 0 Å². The van der Waals surface area contributed by atoms with Crippen LogP contribution in [0.1, 0.15) is 35.0 Å². The first kappa shape index (κ1) is 13.5. The minimum absolute atomic E-state index is 0.234. The number of nitrogens with zero attached hydrogens (tertiary/aromatic N) is 1. The van der Waals surface area contributed by atoms with Gasteiger partial charge in [0.15, 0.2) is 0 Å². The molecule has 2 rings (SSSR count). The van der Waals surface area contributed by atoms with E-state index in [0.29, 0.717) is 10.6 Å². The molecule has 0 atom stereocenters. The van der Waals surface area contributed by atoms with Crippen LogP contribution in [0, 0.1) is 0 Å². The highest BCUT2D eigenvalue weighted by atomic mass is 32.1. The van der Waals surface area contributed by atoms with Gasteiger partial charge in [-0.3, -0.25) is 4.98 Å². The molecule has 0 radical (unpaired) electrons. The first-order valence-electron chi connectivity index (χ1n) is 5.97. The van der Waals surface area contributed by atoms with Crippen LogP contribution in [0.25, 0.3) is 10.4 Å². The molecule has 2 heterocycles. The third kappa shape index (κ3) is 2.46. The molecule has 4 nitrogen and oxygen atoms in total. The Morgan fingerprint density at radius 3 is 2.53 bits per heavy atom. The van der Waals surface area contributed by atoms with Crippen molar-refractivity contribution in [2.45, 2.75) is 19.8 Å². The highest BCUT2D eigenvalue weighted by molar-refractivity contribution is 7.18. The van der Waals surface area contributed by atoms with Gasteiger partial charge in [-0.05, 0) is 29.2 Å². The fraction of sp³-hybridized carbons (Fsp3) is 0.286. The summed E-state index contributed by atoms with van der Waals surface area (Å²) in [5.74, 6) is -0.150. The van der Waals surface area contributed by atoms with Gasteiger partial charge < -0.3 is 10.5 Å². The summed E-state index contributed by atoms with van der Waals surface area (Å²) in [6.07, 6.45) is 3.46. The number of ether oxygens (including phenoxy) is 1. The van der Waals surface area contributed by atoms with E-state index in [4.69, 9.17) is 10.5 Å². The second-order valence-electron chi connectivity index (χ2n) is 4.47. The first-order valence-corrected chi connectivity index (χ1v) is 6.78. The van der Waals surface area contributed by atoms with E-state index in [-0.39, 0.29) is 11.9 Å². The molecule has 0 bridgehead atoms. The normalized spacial score (nSPS) is 10.7. The largest absolute Gasteiger partial charge is 0.465 e. The highest BCUT2D eigenvalue weighted by Gasteiger charge is 2.23. The van der Waals surface area contributed by atoms with Crippen molar-refractivity contribution < 1.29 is 9.53 Å². The van der Waals surface area contributed by atoms with Crippen LogP contribution in [0.4, 0.5) is 5.69 Å². The quantitative estimate of drug-likeness (QED) is 0.873. The van der Waals surface area contributed by atoms with Gasteiger partial charge in [-0.15, -0.1) is 11.3 Å². The predicted molar refractivity (Wildman–Crippen MR) is 77.4 cm³/mol. The lowest BCUT2D eigenvalue weighted by atomic mass is 9.99. The average Bonchev–Trinajstić information content (AvgIpc) is 2.76. The van der Waals surface area contributed by atoms with Gasteiger partial charge in [0.05, 0.1) is 12.8 Å². The number of carbonyl (C=O) groups excluding carboxylic acids is 1. The van der Waals surface area contributed by atoms with Crippen LogP contribution in [0.15, 0.2) is 24.5 Å². The second-order valence-corrected chi connectivity index (χ2v) is 5.49. The van der Waals surface area contributed by atoms with Crippen molar-refractivity contribution in [1.29, 1.82) is 0 Å². The summed E-state index contributed by atoms with van der Waals surface area (Å²) in [6.45, 7) is 4.12. The zero-order chi connectivity index (χ0) is 14.0. The van der Waals surface area contributed by atoms with E-state index in [1.807, 2.05) is 12.1 Å². The molecule has 2 N–H and O–H groups in total. The van der Waals surface area contributed by atoms with Crippen LogP contribution in [-0.4, -0.2) is 18.1 Å². The number of methoxy groups -OCH3 is 1. The lowest BCUT2D eigenvalue weighted by Crippen LogP contribution is -2.03. The van der Waals surface area contributed by atoms with Crippen LogP contribution in [0.5, 0.6) is 0 Å². The molecule has 0 aliphatic heterocycles. The van der Waals surface area contributed by atoms with Crippen molar-refractivity contribution in [2.75, 3.05) is 12.8 Å². The smallest absolute Gasteiger partial charge is 0.350 e. The molecule has 2 aromatic heterocycles. The van der Waals surface area contributed by atoms with Crippen molar-refractivity contribution in [3.05, 3.63) is 35.0 Å². The minimum atomic E-state index is -0.385. The molecule has 0 aliphatic carbocycles. The Morgan fingerprint density at radius 1 is 1.37 bits per heavy atom. The van der Waals surface area contributed by atoms with E-state index in [1.54, 1.807) is 12.4 Å². The summed E-state index contributed by atoms with van der Waals surface area (Å²) in [5, 5.41) is 0. The van der Waals surface area contributed by atoms with Crippen molar-refractivity contribution in [3.8, 4) is 10.4 Å². The number of esters is 1. The molecule has 0 spiro atoms. The maximum Gasteiger partial charge on any atom is 0.350 e. The third-order valence-corrected chi connectivity index (χ3v) is 4.12. The zero-order valence-electron chi connectivity index (χ0n) is 11.1. The second kappa shape index (κ2) is 5.40. The molecule has 5 heteroatoms. The van der Waals surface area contributed by atoms with Crippen molar-refractivity contribution in [3.63, 3.8) is 0 Å². The van der Waals surface area contributed by atoms with Gasteiger partial charge in [0.25, 0.3) is 0 Å². The number of carbonyl (C=O) groups is 1. The van der Waals surface area contributed by atoms with Crippen molar-refractivity contribution in [1.82, 2.24) is 4.98 Å². The number of hydrogen-bond acceptors (Lipinski definition) is 5. The Balaban J connectivity index is 2.64. The summed E-state index contributed by atoms with van der Waals surface area (Å²) >= 11 is 1.37. The average molecular weight is 276 g/mol. The third-order valence-electron chi connectivity index (χ3n) is 2.87. The molecule has 2 aromatic rings. The first-order chi connectivity index (χ1) is 9.06. The van der Waals surface area contributed by atoms with Crippen LogP contribution >= 0.6 is 11.3 Å². The molecule has 0 aliphatic rings. The molecule has 0 saturated heterocycles. The SMILES string of the molecule is COC(=O)c1sc(-c2ccncc2)c(C(C)C)c1N. The van der Waals surface area contributed by atoms with Crippen LogP contribution < -0.4 is 5.73 Å². The van der Waals surface area contributed by atoms with E-state index >= 15 is 0 Å². The summed E-state index contributed by atoms with van der Waals surface area (Å²) in [7, 11) is 1.36. The Hall–Kier alpha value is -1.88. The van der Waals surface area contributed by atoms with Gasteiger partial charge in [-0.2, -0.15) is 0 Å². The molecule has 0 aromatic carbocycles. The monoisotopic (exact) mass is 276 g/mol. The maximum absolute atomic E-state index is 11.7. The molecular formula is C14H16N2O2S. The number of anilines is 1. The molecule has 0 saturated carbocycles. The summed E-state index contributed by atoms with van der Waals surface area (Å²) in [4.78, 5) is 17.2. The van der Waals surface area contributed by atoms with Gasteiger partial charge >= 0.3 is 5.97 Å². The maximum atomic E-state index is 11.7. The lowest BCUT2D eigenvalue weighted by Gasteiger charge is -2.08. The van der Waals surface area contributed by atoms with Crippen LogP contribution in [-0.2, 0) is 4.74 Å². The minimum Gasteiger partial charge on any atom is -0.465 e. The van der Waals surface area contributed by atoms with Gasteiger partial charge in [0.1, 0.15) is 4.88 Å². The van der Waals surface area contributed by atoms with Gasteiger partial charge in [-0.25, -0.2) is 4.79 Å². The zero-order valence-corrected chi connectivity index (χ0v) is 12.0. The van der Waals surface area contributed by atoms with Crippen molar-refractivity contribution >= 4 is 23.0 Å². The number of aromatic nitrogens is 1. The van der Waals surface area contributed by atoms with E-state index < -0.39 is 0 Å². The molecular weight excluding hydrogens is 260 g/mol. The van der Waals surface area contributed by atoms with E-state index in [2.05, 4.69) is 18.8 Å². The molecule has 19 heavy (non-hydrogen) atoms. The molecule has 100 valence electrons. The number of nitrogens with two attached hydrogens (primary N) is 1. The summed E-state index contributed by atoms with van der Waals surface area (Å²) < 4.78 is 4.78. The van der Waals surface area contributed by atoms with E-state index in [1.165, 1.54) is 18.4 Å². The van der Waals surface area contributed by atoms with Crippen molar-refractivity contribution in [2.24, 2.45) is 0 Å². The predicted octanol–water partition coefficient (Wildman–Crippen LogP) is 3.30. The molecule has 0 amide bonds. The summed E-state index contributed by atoms with van der Waals surface area (Å²) in [6, 6.07) is 3.83. The van der Waals surface area contributed by atoms with Gasteiger partial charge in [0.2, 0.25) is 0 Å². The Bertz CT molecular complexity index is 591. The van der Waals surface area contributed by atoms with Crippen LogP contribution in [0.2, 0.25) is 0 Å². The summed E-state index contributed by atoms with van der Waals surface area (Å²) in [5.41, 5.74) is 8.66. The molecule has 0 unspecified atom stereocenters. The van der Waals surface area contributed by atoms with Gasteiger partial charge in [-0.1, -0.05) is 13.8 Å².